The first-order chi connectivity index (χ1) is 16.6. The summed E-state index contributed by atoms with van der Waals surface area (Å²) in [5.41, 5.74) is 2.83. The lowest BCUT2D eigenvalue weighted by Crippen LogP contribution is -2.51. The van der Waals surface area contributed by atoms with E-state index in [1.54, 1.807) is 0 Å². The van der Waals surface area contributed by atoms with Gasteiger partial charge in [-0.1, -0.05) is 62.4 Å². The Bertz CT molecular complexity index is 1020. The summed E-state index contributed by atoms with van der Waals surface area (Å²) in [4.78, 5) is 36.4. The Morgan fingerprint density at radius 2 is 1.57 bits per heavy atom. The fourth-order valence-corrected chi connectivity index (χ4v) is 4.34. The van der Waals surface area contributed by atoms with Crippen LogP contribution in [0.5, 0.6) is 0 Å². The Kier molecular flexibility index (Phi) is 8.51. The summed E-state index contributed by atoms with van der Waals surface area (Å²) in [6.45, 7) is 5.25. The summed E-state index contributed by atoms with van der Waals surface area (Å²) < 4.78 is 5.57. The molecule has 1 aliphatic carbocycles. The first kappa shape index (κ1) is 26.2. The second-order valence-corrected chi connectivity index (χ2v) is 9.78. The largest absolute Gasteiger partial charge is 0.481 e. The number of ether oxygens (including phenoxy) is 1. The van der Waals surface area contributed by atoms with Gasteiger partial charge in [-0.15, -0.1) is 0 Å². The van der Waals surface area contributed by atoms with Crippen LogP contribution in [-0.4, -0.2) is 53.0 Å². The minimum atomic E-state index is -1.60. The maximum absolute atomic E-state index is 12.8. The van der Waals surface area contributed by atoms with Crippen LogP contribution < -0.4 is 10.6 Å². The molecule has 0 heterocycles. The zero-order valence-corrected chi connectivity index (χ0v) is 20.4. The lowest BCUT2D eigenvalue weighted by atomic mass is 9.98. The molecule has 188 valence electrons. The van der Waals surface area contributed by atoms with Gasteiger partial charge in [0.25, 0.3) is 0 Å². The van der Waals surface area contributed by atoms with Crippen molar-refractivity contribution in [3.05, 3.63) is 59.7 Å². The molecule has 0 saturated heterocycles. The van der Waals surface area contributed by atoms with Crippen molar-refractivity contribution in [2.75, 3.05) is 13.2 Å². The maximum Gasteiger partial charge on any atom is 0.407 e. The van der Waals surface area contributed by atoms with E-state index in [-0.39, 0.29) is 19.1 Å². The SMILES string of the molecule is CC(C)CCC(NC(=O)OCC1c2ccccc2-c2ccccc21)C(=O)NCC(C)(O)CC(=O)O. The summed E-state index contributed by atoms with van der Waals surface area (Å²) in [5, 5.41) is 24.3. The molecule has 0 fully saturated rings. The highest BCUT2D eigenvalue weighted by Crippen LogP contribution is 2.44. The number of hydrogen-bond acceptors (Lipinski definition) is 5. The van der Waals surface area contributed by atoms with Gasteiger partial charge in [-0.25, -0.2) is 4.79 Å². The Morgan fingerprint density at radius 1 is 1.00 bits per heavy atom. The molecule has 1 aliphatic rings. The van der Waals surface area contributed by atoms with Crippen molar-refractivity contribution in [2.45, 2.75) is 57.6 Å². The molecular formula is C27H34N2O6. The molecule has 4 N–H and O–H groups in total. The summed E-state index contributed by atoms with van der Waals surface area (Å²) in [7, 11) is 0. The molecule has 2 atom stereocenters. The van der Waals surface area contributed by atoms with Gasteiger partial charge in [-0.2, -0.15) is 0 Å². The van der Waals surface area contributed by atoms with Crippen molar-refractivity contribution in [1.29, 1.82) is 0 Å². The van der Waals surface area contributed by atoms with Crippen LogP contribution in [0.1, 0.15) is 57.1 Å². The van der Waals surface area contributed by atoms with Crippen molar-refractivity contribution in [3.8, 4) is 11.1 Å². The molecule has 0 radical (unpaired) electrons. The zero-order chi connectivity index (χ0) is 25.6. The average Bonchev–Trinajstić information content (AvgIpc) is 3.11. The van der Waals surface area contributed by atoms with Crippen LogP contribution >= 0.6 is 0 Å². The topological polar surface area (TPSA) is 125 Å². The Hall–Kier alpha value is -3.39. The number of carboxylic acid groups (broad SMARTS) is 1. The minimum Gasteiger partial charge on any atom is -0.481 e. The van der Waals surface area contributed by atoms with Crippen LogP contribution in [0.25, 0.3) is 11.1 Å². The van der Waals surface area contributed by atoms with E-state index in [1.807, 2.05) is 50.2 Å². The highest BCUT2D eigenvalue weighted by Gasteiger charge is 2.31. The van der Waals surface area contributed by atoms with Gasteiger partial charge in [-0.05, 0) is 47.9 Å². The van der Waals surface area contributed by atoms with Crippen LogP contribution in [-0.2, 0) is 14.3 Å². The van der Waals surface area contributed by atoms with E-state index in [9.17, 15) is 19.5 Å². The van der Waals surface area contributed by atoms with E-state index in [0.717, 1.165) is 22.3 Å². The molecule has 8 heteroatoms. The smallest absolute Gasteiger partial charge is 0.407 e. The third-order valence-corrected chi connectivity index (χ3v) is 6.16. The average molecular weight is 483 g/mol. The third kappa shape index (κ3) is 7.05. The van der Waals surface area contributed by atoms with Crippen molar-refractivity contribution >= 4 is 18.0 Å². The van der Waals surface area contributed by atoms with Gasteiger partial charge in [0.15, 0.2) is 0 Å². The van der Waals surface area contributed by atoms with Crippen LogP contribution in [0.2, 0.25) is 0 Å². The first-order valence-corrected chi connectivity index (χ1v) is 11.9. The summed E-state index contributed by atoms with van der Waals surface area (Å²) in [6.07, 6.45) is -0.140. The standard InChI is InChI=1S/C27H34N2O6/c1-17(2)12-13-23(25(32)28-16-27(3,34)14-24(30)31)29-26(33)35-15-22-20-10-6-4-8-18(20)19-9-5-7-11-21(19)22/h4-11,17,22-23,34H,12-16H2,1-3H3,(H,28,32)(H,29,33)(H,30,31). The Morgan fingerprint density at radius 3 is 2.11 bits per heavy atom. The number of nitrogens with one attached hydrogen (secondary N) is 2. The molecule has 0 spiro atoms. The predicted molar refractivity (Wildman–Crippen MR) is 132 cm³/mol. The first-order valence-electron chi connectivity index (χ1n) is 11.9. The summed E-state index contributed by atoms with van der Waals surface area (Å²) >= 11 is 0. The predicted octanol–water partition coefficient (Wildman–Crippen LogP) is 3.67. The maximum atomic E-state index is 12.8. The quantitative estimate of drug-likeness (QED) is 0.387. The van der Waals surface area contributed by atoms with E-state index in [4.69, 9.17) is 9.84 Å². The molecule has 0 aromatic heterocycles. The number of carboxylic acids is 1. The van der Waals surface area contributed by atoms with Crippen molar-refractivity contribution in [1.82, 2.24) is 10.6 Å². The normalized spacial score (nSPS) is 15.0. The van der Waals surface area contributed by atoms with Crippen LogP contribution in [0.3, 0.4) is 0 Å². The Balaban J connectivity index is 1.63. The molecule has 0 saturated carbocycles. The zero-order valence-electron chi connectivity index (χ0n) is 20.4. The van der Waals surface area contributed by atoms with Crippen molar-refractivity contribution in [2.24, 2.45) is 5.92 Å². The van der Waals surface area contributed by atoms with Crippen molar-refractivity contribution < 1.29 is 29.3 Å². The number of fused-ring (bicyclic) bond motifs is 3. The second-order valence-electron chi connectivity index (χ2n) is 9.78. The highest BCUT2D eigenvalue weighted by molar-refractivity contribution is 5.86. The molecule has 35 heavy (non-hydrogen) atoms. The van der Waals surface area contributed by atoms with Gasteiger partial charge >= 0.3 is 12.1 Å². The summed E-state index contributed by atoms with van der Waals surface area (Å²) in [6, 6.07) is 15.2. The number of carbonyl (C=O) groups excluding carboxylic acids is 2. The molecule has 8 nitrogen and oxygen atoms in total. The van der Waals surface area contributed by atoms with Gasteiger partial charge in [0.2, 0.25) is 5.91 Å². The van der Waals surface area contributed by atoms with E-state index < -0.39 is 36.0 Å². The van der Waals surface area contributed by atoms with E-state index in [0.29, 0.717) is 18.8 Å². The lowest BCUT2D eigenvalue weighted by molar-refractivity contribution is -0.142. The van der Waals surface area contributed by atoms with E-state index in [1.165, 1.54) is 6.92 Å². The van der Waals surface area contributed by atoms with Gasteiger partial charge < -0.3 is 25.6 Å². The second kappa shape index (κ2) is 11.4. The molecule has 0 bridgehead atoms. The molecule has 0 aliphatic heterocycles. The van der Waals surface area contributed by atoms with Gasteiger partial charge in [0.05, 0.1) is 12.0 Å². The van der Waals surface area contributed by atoms with Crippen molar-refractivity contribution in [3.63, 3.8) is 0 Å². The van der Waals surface area contributed by atoms with E-state index in [2.05, 4.69) is 22.8 Å². The molecule has 2 aromatic rings. The number of hydrogen-bond donors (Lipinski definition) is 4. The number of alkyl carbamates (subject to hydrolysis) is 1. The summed E-state index contributed by atoms with van der Waals surface area (Å²) in [5.74, 6) is -1.45. The van der Waals surface area contributed by atoms with Gasteiger partial charge in [0, 0.05) is 12.5 Å². The fraction of sp³-hybridized carbons (Fsp3) is 0.444. The Labute approximate surface area is 205 Å². The highest BCUT2D eigenvalue weighted by atomic mass is 16.5. The number of aliphatic hydroxyl groups is 1. The number of rotatable bonds is 11. The molecular weight excluding hydrogens is 448 g/mol. The van der Waals surface area contributed by atoms with Gasteiger partial charge in [-0.3, -0.25) is 9.59 Å². The number of amides is 2. The number of carbonyl (C=O) groups is 3. The lowest BCUT2D eigenvalue weighted by Gasteiger charge is -2.24. The minimum absolute atomic E-state index is 0.0952. The third-order valence-electron chi connectivity index (χ3n) is 6.16. The van der Waals surface area contributed by atoms with Crippen LogP contribution in [0.15, 0.2) is 48.5 Å². The van der Waals surface area contributed by atoms with Gasteiger partial charge in [0.1, 0.15) is 12.6 Å². The van der Waals surface area contributed by atoms with E-state index >= 15 is 0 Å². The molecule has 3 rings (SSSR count). The van der Waals surface area contributed by atoms with Crippen LogP contribution in [0.4, 0.5) is 4.79 Å². The fourth-order valence-electron chi connectivity index (χ4n) is 4.34. The monoisotopic (exact) mass is 482 g/mol. The van der Waals surface area contributed by atoms with Crippen LogP contribution in [0, 0.1) is 5.92 Å². The molecule has 2 unspecified atom stereocenters. The number of aliphatic carboxylic acids is 1. The molecule has 2 amide bonds. The molecule has 2 aromatic carbocycles. The number of benzene rings is 2.